The van der Waals surface area contributed by atoms with Crippen molar-refractivity contribution in [3.05, 3.63) is 59.9 Å². The van der Waals surface area contributed by atoms with Gasteiger partial charge in [0.05, 0.1) is 11.7 Å². The standard InChI is InChI=1S/C17H17F2N3O/c18-16(19)15(12-5-2-1-3-6-12)13-9-20-17(21-10-13)22-8-4-7-14(23)11-22/h1-3,5-6,9-10,14,23H,4,7-8,11H2. The van der Waals surface area contributed by atoms with E-state index in [1.807, 2.05) is 4.90 Å². The predicted molar refractivity (Wildman–Crippen MR) is 84.2 cm³/mol. The van der Waals surface area contributed by atoms with Gasteiger partial charge in [-0.05, 0) is 18.4 Å². The van der Waals surface area contributed by atoms with Gasteiger partial charge < -0.3 is 10.0 Å². The maximum absolute atomic E-state index is 13.4. The maximum Gasteiger partial charge on any atom is 0.278 e. The van der Waals surface area contributed by atoms with Crippen LogP contribution in [0.3, 0.4) is 0 Å². The molecule has 0 amide bonds. The fourth-order valence-corrected chi connectivity index (χ4v) is 2.74. The highest BCUT2D eigenvalue weighted by molar-refractivity contribution is 5.79. The van der Waals surface area contributed by atoms with E-state index in [0.29, 0.717) is 18.1 Å². The lowest BCUT2D eigenvalue weighted by atomic mass is 10.0. The van der Waals surface area contributed by atoms with E-state index in [0.717, 1.165) is 19.4 Å². The van der Waals surface area contributed by atoms with E-state index in [9.17, 15) is 13.9 Å². The molecule has 4 nitrogen and oxygen atoms in total. The smallest absolute Gasteiger partial charge is 0.278 e. The van der Waals surface area contributed by atoms with Gasteiger partial charge in [-0.2, -0.15) is 8.78 Å². The molecule has 0 radical (unpaired) electrons. The van der Waals surface area contributed by atoms with Crippen LogP contribution in [-0.2, 0) is 0 Å². The molecule has 1 aliphatic rings. The summed E-state index contributed by atoms with van der Waals surface area (Å²) in [5.41, 5.74) is 0.547. The molecule has 2 heterocycles. The molecule has 2 aromatic rings. The second kappa shape index (κ2) is 6.83. The van der Waals surface area contributed by atoms with Gasteiger partial charge in [-0.3, -0.25) is 0 Å². The second-order valence-corrected chi connectivity index (χ2v) is 5.52. The lowest BCUT2D eigenvalue weighted by Gasteiger charge is -2.29. The van der Waals surface area contributed by atoms with Crippen molar-refractivity contribution < 1.29 is 13.9 Å². The van der Waals surface area contributed by atoms with E-state index in [2.05, 4.69) is 9.97 Å². The Kier molecular flexibility index (Phi) is 4.62. The monoisotopic (exact) mass is 317 g/mol. The number of β-amino-alcohol motifs (C(OH)–C–C–N with tert-alkyl or cyclic N) is 1. The molecule has 0 aliphatic carbocycles. The third-order valence-electron chi connectivity index (χ3n) is 3.86. The molecule has 1 aromatic heterocycles. The van der Waals surface area contributed by atoms with Gasteiger partial charge in [0.25, 0.3) is 6.08 Å². The highest BCUT2D eigenvalue weighted by Crippen LogP contribution is 2.28. The molecule has 23 heavy (non-hydrogen) atoms. The van der Waals surface area contributed by atoms with Crippen LogP contribution in [0.2, 0.25) is 0 Å². The third kappa shape index (κ3) is 3.53. The summed E-state index contributed by atoms with van der Waals surface area (Å²) in [6, 6.07) is 8.45. The number of benzene rings is 1. The Bertz CT molecular complexity index is 685. The van der Waals surface area contributed by atoms with Crippen molar-refractivity contribution in [1.82, 2.24) is 9.97 Å². The number of aromatic nitrogens is 2. The Balaban J connectivity index is 1.87. The summed E-state index contributed by atoms with van der Waals surface area (Å²) in [5.74, 6) is 0.458. The molecule has 1 unspecified atom stereocenters. The Morgan fingerprint density at radius 2 is 1.78 bits per heavy atom. The largest absolute Gasteiger partial charge is 0.391 e. The second-order valence-electron chi connectivity index (χ2n) is 5.52. The van der Waals surface area contributed by atoms with E-state index in [1.54, 1.807) is 30.3 Å². The van der Waals surface area contributed by atoms with Gasteiger partial charge >= 0.3 is 0 Å². The van der Waals surface area contributed by atoms with Crippen LogP contribution in [0, 0.1) is 0 Å². The first kappa shape index (κ1) is 15.6. The average molecular weight is 317 g/mol. The molecule has 3 rings (SSSR count). The number of halogens is 2. The van der Waals surface area contributed by atoms with Crippen LogP contribution in [0.4, 0.5) is 14.7 Å². The number of rotatable bonds is 3. The molecule has 1 aliphatic heterocycles. The minimum Gasteiger partial charge on any atom is -0.391 e. The lowest BCUT2D eigenvalue weighted by molar-refractivity contribution is 0.153. The zero-order valence-corrected chi connectivity index (χ0v) is 12.5. The Morgan fingerprint density at radius 3 is 2.39 bits per heavy atom. The van der Waals surface area contributed by atoms with E-state index in [1.165, 1.54) is 12.4 Å². The van der Waals surface area contributed by atoms with E-state index in [-0.39, 0.29) is 11.1 Å². The van der Waals surface area contributed by atoms with Crippen LogP contribution in [0.15, 0.2) is 48.8 Å². The van der Waals surface area contributed by atoms with Gasteiger partial charge in [0.15, 0.2) is 0 Å². The normalized spacial score (nSPS) is 17.9. The summed E-state index contributed by atoms with van der Waals surface area (Å²) >= 11 is 0. The van der Waals surface area contributed by atoms with Crippen molar-refractivity contribution in [3.8, 4) is 0 Å². The van der Waals surface area contributed by atoms with Gasteiger partial charge in [-0.1, -0.05) is 30.3 Å². The zero-order valence-electron chi connectivity index (χ0n) is 12.5. The van der Waals surface area contributed by atoms with Crippen LogP contribution in [0.5, 0.6) is 0 Å². The first-order chi connectivity index (χ1) is 11.1. The lowest BCUT2D eigenvalue weighted by Crippen LogP contribution is -2.39. The summed E-state index contributed by atoms with van der Waals surface area (Å²) in [5, 5.41) is 9.70. The average Bonchev–Trinajstić information content (AvgIpc) is 2.56. The fourth-order valence-electron chi connectivity index (χ4n) is 2.74. The Morgan fingerprint density at radius 1 is 1.09 bits per heavy atom. The Hall–Kier alpha value is -2.34. The SMILES string of the molecule is OC1CCCN(c2ncc(C(=C(F)F)c3ccccc3)cn2)C1. The van der Waals surface area contributed by atoms with Gasteiger partial charge in [-0.15, -0.1) is 0 Å². The minimum absolute atomic E-state index is 0.157. The molecule has 0 spiro atoms. The number of nitrogens with zero attached hydrogens (tertiary/aromatic N) is 3. The van der Waals surface area contributed by atoms with Gasteiger partial charge in [-0.25, -0.2) is 9.97 Å². The summed E-state index contributed by atoms with van der Waals surface area (Å²) in [7, 11) is 0. The number of hydrogen-bond donors (Lipinski definition) is 1. The highest BCUT2D eigenvalue weighted by Gasteiger charge is 2.20. The molecule has 120 valence electrons. The topological polar surface area (TPSA) is 49.2 Å². The first-order valence-electron chi connectivity index (χ1n) is 7.51. The van der Waals surface area contributed by atoms with E-state index in [4.69, 9.17) is 0 Å². The number of piperidine rings is 1. The highest BCUT2D eigenvalue weighted by atomic mass is 19.3. The molecule has 1 fully saturated rings. The van der Waals surface area contributed by atoms with Gasteiger partial charge in [0.2, 0.25) is 5.95 Å². The molecule has 1 N–H and O–H groups in total. The summed E-state index contributed by atoms with van der Waals surface area (Å²) < 4.78 is 26.7. The molecule has 6 heteroatoms. The molecule has 1 aromatic carbocycles. The fraction of sp³-hybridized carbons (Fsp3) is 0.294. The van der Waals surface area contributed by atoms with Crippen LogP contribution < -0.4 is 4.90 Å². The minimum atomic E-state index is -1.76. The molecular weight excluding hydrogens is 300 g/mol. The van der Waals surface area contributed by atoms with E-state index >= 15 is 0 Å². The molecule has 1 saturated heterocycles. The van der Waals surface area contributed by atoms with Crippen molar-refractivity contribution in [2.45, 2.75) is 18.9 Å². The zero-order chi connectivity index (χ0) is 16.2. The van der Waals surface area contributed by atoms with Crippen LogP contribution in [0.1, 0.15) is 24.0 Å². The number of hydrogen-bond acceptors (Lipinski definition) is 4. The number of anilines is 1. The van der Waals surface area contributed by atoms with Crippen LogP contribution >= 0.6 is 0 Å². The first-order valence-corrected chi connectivity index (χ1v) is 7.51. The van der Waals surface area contributed by atoms with Gasteiger partial charge in [0.1, 0.15) is 0 Å². The molecule has 1 atom stereocenters. The van der Waals surface area contributed by atoms with Crippen molar-refractivity contribution in [3.63, 3.8) is 0 Å². The molecule has 0 bridgehead atoms. The van der Waals surface area contributed by atoms with Crippen LogP contribution in [-0.4, -0.2) is 34.3 Å². The number of aliphatic hydroxyl groups is 1. The van der Waals surface area contributed by atoms with E-state index < -0.39 is 12.2 Å². The summed E-state index contributed by atoms with van der Waals surface area (Å²) in [6.07, 6.45) is 2.29. The maximum atomic E-state index is 13.4. The van der Waals surface area contributed by atoms with Crippen molar-refractivity contribution >= 4 is 11.5 Å². The molecular formula is C17H17F2N3O. The third-order valence-corrected chi connectivity index (χ3v) is 3.86. The van der Waals surface area contributed by atoms with Gasteiger partial charge in [0, 0.05) is 31.0 Å². The van der Waals surface area contributed by atoms with Crippen molar-refractivity contribution in [2.75, 3.05) is 18.0 Å². The van der Waals surface area contributed by atoms with Crippen molar-refractivity contribution in [2.24, 2.45) is 0 Å². The Labute approximate surface area is 133 Å². The predicted octanol–water partition coefficient (Wildman–Crippen LogP) is 3.09. The quantitative estimate of drug-likeness (QED) is 0.945. The van der Waals surface area contributed by atoms with Crippen LogP contribution in [0.25, 0.3) is 5.57 Å². The molecule has 0 saturated carbocycles. The van der Waals surface area contributed by atoms with Crippen molar-refractivity contribution in [1.29, 1.82) is 0 Å². The summed E-state index contributed by atoms with van der Waals surface area (Å²) in [4.78, 5) is 10.3. The summed E-state index contributed by atoms with van der Waals surface area (Å²) in [6.45, 7) is 1.23. The number of aliphatic hydroxyl groups excluding tert-OH is 1.